The van der Waals surface area contributed by atoms with Gasteiger partial charge in [0.2, 0.25) is 0 Å². The highest BCUT2D eigenvalue weighted by atomic mass is 16.1. The molecule has 0 bridgehead atoms. The Labute approximate surface area is 191 Å². The minimum Gasteiger partial charge on any atom is -0.273 e. The topological polar surface area (TPSA) is 20.3 Å². The van der Waals surface area contributed by atoms with Crippen molar-refractivity contribution in [2.45, 2.75) is 105 Å². The number of nitrogens with zero attached hydrogens (tertiary/aromatic N) is 1. The molecule has 0 aromatic heterocycles. The Balaban J connectivity index is 2.80. The van der Waals surface area contributed by atoms with Gasteiger partial charge in [0.05, 0.1) is 0 Å². The maximum absolute atomic E-state index is 12.4. The van der Waals surface area contributed by atoms with E-state index >= 15 is 0 Å². The molecule has 2 aromatic carbocycles. The number of anilines is 2. The van der Waals surface area contributed by atoms with Crippen molar-refractivity contribution < 1.29 is 4.79 Å². The number of carbonyl (C=O) groups excluding carboxylic acids is 1. The molecule has 2 heteroatoms. The van der Waals surface area contributed by atoms with Crippen LogP contribution in [-0.4, -0.2) is 6.41 Å². The molecule has 2 nitrogen and oxygen atoms in total. The summed E-state index contributed by atoms with van der Waals surface area (Å²) < 4.78 is 0. The lowest BCUT2D eigenvalue weighted by Crippen LogP contribution is -2.22. The number of amides is 1. The lowest BCUT2D eigenvalue weighted by atomic mass is 9.79. The van der Waals surface area contributed by atoms with Crippen LogP contribution in [0.3, 0.4) is 0 Å². The third-order valence-electron chi connectivity index (χ3n) is 5.91. The van der Waals surface area contributed by atoms with Crippen LogP contribution in [0, 0.1) is 0 Å². The van der Waals surface area contributed by atoms with Crippen molar-refractivity contribution in [3.05, 3.63) is 58.7 Å². The van der Waals surface area contributed by atoms with Gasteiger partial charge in [0.15, 0.2) is 0 Å². The smallest absolute Gasteiger partial charge is 0.273 e. The van der Waals surface area contributed by atoms with Crippen LogP contribution in [0.1, 0.15) is 105 Å². The quantitative estimate of drug-likeness (QED) is 0.459. The number of rotatable bonds is 3. The minimum absolute atomic E-state index is 0.0195. The van der Waals surface area contributed by atoms with E-state index in [1.54, 1.807) is 4.90 Å². The second-order valence-corrected chi connectivity index (χ2v) is 13.0. The van der Waals surface area contributed by atoms with Gasteiger partial charge in [0, 0.05) is 11.4 Å². The standard InChI is InChI=1S/C29H42NO/c1-26(2,3)20-13-21(27(4,5)6)16-24(15-20)30(19-31)25-17-22(28(7,8)9)14-23(18-25)29(10,11)12/h13-18H,1-12H3. The van der Waals surface area contributed by atoms with Gasteiger partial charge in [-0.25, -0.2) is 0 Å². The molecule has 0 aliphatic carbocycles. The molecule has 0 spiro atoms. The van der Waals surface area contributed by atoms with Gasteiger partial charge in [-0.3, -0.25) is 9.69 Å². The fourth-order valence-electron chi connectivity index (χ4n) is 3.47. The molecule has 0 N–H and O–H groups in total. The summed E-state index contributed by atoms with van der Waals surface area (Å²) in [6.07, 6.45) is 2.23. The van der Waals surface area contributed by atoms with E-state index in [9.17, 15) is 4.79 Å². The summed E-state index contributed by atoms with van der Waals surface area (Å²) in [5.41, 5.74) is 6.55. The van der Waals surface area contributed by atoms with E-state index < -0.39 is 0 Å². The Bertz CT molecular complexity index is 801. The van der Waals surface area contributed by atoms with Crippen LogP contribution >= 0.6 is 0 Å². The van der Waals surface area contributed by atoms with Crippen LogP contribution in [0.4, 0.5) is 11.4 Å². The molecule has 0 fully saturated rings. The highest BCUT2D eigenvalue weighted by Gasteiger charge is 2.25. The average molecular weight is 421 g/mol. The van der Waals surface area contributed by atoms with Gasteiger partial charge >= 0.3 is 6.41 Å². The van der Waals surface area contributed by atoms with Crippen molar-refractivity contribution in [3.8, 4) is 0 Å². The first kappa shape index (κ1) is 25.2. The van der Waals surface area contributed by atoms with Crippen LogP contribution in [0.2, 0.25) is 0 Å². The summed E-state index contributed by atoms with van der Waals surface area (Å²) >= 11 is 0. The van der Waals surface area contributed by atoms with Crippen molar-refractivity contribution in [1.82, 2.24) is 0 Å². The Morgan fingerprint density at radius 2 is 0.710 bits per heavy atom. The third kappa shape index (κ3) is 5.99. The molecule has 1 amide bonds. The molecule has 0 aliphatic heterocycles. The monoisotopic (exact) mass is 420 g/mol. The molecule has 2 rings (SSSR count). The number of hydrogen-bond donors (Lipinski definition) is 0. The lowest BCUT2D eigenvalue weighted by molar-refractivity contribution is 0.553. The Kier molecular flexibility index (Phi) is 6.59. The SMILES string of the molecule is CC(C)(C)c1cc(N([C]=O)c2cc(C(C)(C)C)cc(C(C)(C)C)c2)cc(C(C)(C)C)c1. The first-order chi connectivity index (χ1) is 13.8. The van der Waals surface area contributed by atoms with E-state index in [0.29, 0.717) is 0 Å². The van der Waals surface area contributed by atoms with Crippen molar-refractivity contribution in [2.24, 2.45) is 0 Å². The molecule has 2 aromatic rings. The molecular weight excluding hydrogens is 378 g/mol. The van der Waals surface area contributed by atoms with E-state index in [0.717, 1.165) is 11.4 Å². The normalized spacial score (nSPS) is 13.3. The third-order valence-corrected chi connectivity index (χ3v) is 5.91. The van der Waals surface area contributed by atoms with Gasteiger partial charge in [0.25, 0.3) is 0 Å². The predicted molar refractivity (Wildman–Crippen MR) is 136 cm³/mol. The maximum Gasteiger partial charge on any atom is 0.321 e. The predicted octanol–water partition coefficient (Wildman–Crippen LogP) is 8.08. The second-order valence-electron chi connectivity index (χ2n) is 13.0. The minimum atomic E-state index is -0.0195. The fourth-order valence-corrected chi connectivity index (χ4v) is 3.47. The Hall–Kier alpha value is -2.09. The van der Waals surface area contributed by atoms with Crippen LogP contribution in [0.15, 0.2) is 36.4 Å². The van der Waals surface area contributed by atoms with Gasteiger partial charge < -0.3 is 0 Å². The zero-order valence-electron chi connectivity index (χ0n) is 21.8. The lowest BCUT2D eigenvalue weighted by Gasteiger charge is -2.30. The van der Waals surface area contributed by atoms with Gasteiger partial charge in [-0.2, -0.15) is 0 Å². The fraction of sp³-hybridized carbons (Fsp3) is 0.552. The molecule has 169 valence electrons. The summed E-state index contributed by atoms with van der Waals surface area (Å²) in [6, 6.07) is 13.1. The summed E-state index contributed by atoms with van der Waals surface area (Å²) in [5, 5.41) is 0. The molecule has 1 radical (unpaired) electrons. The highest BCUT2D eigenvalue weighted by Crippen LogP contribution is 2.38. The first-order valence-electron chi connectivity index (χ1n) is 11.3. The van der Waals surface area contributed by atoms with Crippen molar-refractivity contribution in [1.29, 1.82) is 0 Å². The van der Waals surface area contributed by atoms with Gasteiger partial charge in [-0.1, -0.05) is 95.2 Å². The zero-order valence-corrected chi connectivity index (χ0v) is 21.8. The molecule has 0 aliphatic rings. The second kappa shape index (κ2) is 8.11. The van der Waals surface area contributed by atoms with Crippen LogP contribution in [-0.2, 0) is 26.5 Å². The zero-order chi connectivity index (χ0) is 24.0. The number of hydrogen-bond acceptors (Lipinski definition) is 1. The summed E-state index contributed by atoms with van der Waals surface area (Å²) in [6.45, 7) is 26.6. The van der Waals surface area contributed by atoms with E-state index in [4.69, 9.17) is 0 Å². The van der Waals surface area contributed by atoms with E-state index in [1.165, 1.54) is 22.3 Å². The highest BCUT2D eigenvalue weighted by molar-refractivity contribution is 5.88. The molecule has 0 saturated heterocycles. The molecule has 0 unspecified atom stereocenters. The van der Waals surface area contributed by atoms with Gasteiger partial charge in [-0.15, -0.1) is 0 Å². The van der Waals surface area contributed by atoms with Crippen LogP contribution in [0.25, 0.3) is 0 Å². The largest absolute Gasteiger partial charge is 0.321 e. The molecule has 0 heterocycles. The van der Waals surface area contributed by atoms with Crippen LogP contribution < -0.4 is 4.90 Å². The Morgan fingerprint density at radius 3 is 0.871 bits per heavy atom. The number of benzene rings is 2. The molecule has 31 heavy (non-hydrogen) atoms. The first-order valence-corrected chi connectivity index (χ1v) is 11.3. The summed E-state index contributed by atoms with van der Waals surface area (Å²) in [7, 11) is 0. The summed E-state index contributed by atoms with van der Waals surface area (Å²) in [4.78, 5) is 14.0. The van der Waals surface area contributed by atoms with Crippen molar-refractivity contribution >= 4 is 17.8 Å². The van der Waals surface area contributed by atoms with Gasteiger partial charge in [-0.05, 0) is 68.2 Å². The molecule has 0 atom stereocenters. The van der Waals surface area contributed by atoms with Crippen molar-refractivity contribution in [2.75, 3.05) is 4.90 Å². The van der Waals surface area contributed by atoms with E-state index in [-0.39, 0.29) is 21.7 Å². The van der Waals surface area contributed by atoms with Crippen molar-refractivity contribution in [3.63, 3.8) is 0 Å². The van der Waals surface area contributed by atoms with Crippen LogP contribution in [0.5, 0.6) is 0 Å². The molecular formula is C29H42NO. The average Bonchev–Trinajstić information content (AvgIpc) is 2.59. The van der Waals surface area contributed by atoms with E-state index in [1.807, 2.05) is 0 Å². The Morgan fingerprint density at radius 1 is 0.484 bits per heavy atom. The molecule has 0 saturated carbocycles. The summed E-state index contributed by atoms with van der Waals surface area (Å²) in [5.74, 6) is 0. The van der Waals surface area contributed by atoms with Gasteiger partial charge in [0.1, 0.15) is 0 Å². The van der Waals surface area contributed by atoms with E-state index in [2.05, 4.69) is 126 Å². The maximum atomic E-state index is 12.4.